The van der Waals surface area contributed by atoms with Crippen molar-refractivity contribution in [2.24, 2.45) is 0 Å². The van der Waals surface area contributed by atoms with Gasteiger partial charge in [-0.25, -0.2) is 0 Å². The summed E-state index contributed by atoms with van der Waals surface area (Å²) in [5.41, 5.74) is -0.979. The highest BCUT2D eigenvalue weighted by molar-refractivity contribution is 6.69. The average molecular weight is 411 g/mol. The molecule has 0 radical (unpaired) electrons. The summed E-state index contributed by atoms with van der Waals surface area (Å²) in [5, 5.41) is 0. The molecule has 0 aromatic heterocycles. The molecule has 0 spiro atoms. The highest BCUT2D eigenvalue weighted by atomic mass is 28.4. The first-order valence-electron chi connectivity index (χ1n) is 9.10. The second-order valence-corrected chi connectivity index (χ2v) is 12.7. The highest BCUT2D eigenvalue weighted by Gasteiger charge is 2.60. The first kappa shape index (κ1) is 22.3. The van der Waals surface area contributed by atoms with Crippen LogP contribution in [0.3, 0.4) is 0 Å². The van der Waals surface area contributed by atoms with E-state index in [0.717, 1.165) is 0 Å². The zero-order valence-electron chi connectivity index (χ0n) is 17.6. The SMILES string of the molecule is CN(C)c1cccc(C(O[Si](C)(C)C)(c2cccc(N(C)C)c2)C(F)(F)F)c1. The third kappa shape index (κ3) is 4.52. The minimum absolute atomic E-state index is 0.0875. The maximum Gasteiger partial charge on any atom is 0.425 e. The zero-order chi connectivity index (χ0) is 21.3. The maximum absolute atomic E-state index is 14.8. The maximum atomic E-state index is 14.8. The van der Waals surface area contributed by atoms with E-state index in [0.29, 0.717) is 11.4 Å². The molecule has 3 nitrogen and oxygen atoms in total. The Labute approximate surface area is 166 Å². The smallest absolute Gasteiger partial charge is 0.397 e. The lowest BCUT2D eigenvalue weighted by molar-refractivity contribution is -0.240. The molecule has 0 bridgehead atoms. The largest absolute Gasteiger partial charge is 0.425 e. The molecular weight excluding hydrogens is 381 g/mol. The molecule has 2 aromatic carbocycles. The lowest BCUT2D eigenvalue weighted by Crippen LogP contribution is -2.51. The second kappa shape index (κ2) is 7.79. The van der Waals surface area contributed by atoms with Crippen LogP contribution in [0.5, 0.6) is 0 Å². The van der Waals surface area contributed by atoms with Gasteiger partial charge < -0.3 is 14.2 Å². The van der Waals surface area contributed by atoms with Gasteiger partial charge in [0.1, 0.15) is 0 Å². The normalized spacial score (nSPS) is 12.8. The van der Waals surface area contributed by atoms with Gasteiger partial charge in [-0.15, -0.1) is 0 Å². The Bertz CT molecular complexity index is 762. The molecule has 0 saturated carbocycles. The lowest BCUT2D eigenvalue weighted by atomic mass is 9.85. The van der Waals surface area contributed by atoms with Gasteiger partial charge in [-0.3, -0.25) is 0 Å². The summed E-state index contributed by atoms with van der Waals surface area (Å²) >= 11 is 0. The summed E-state index contributed by atoms with van der Waals surface area (Å²) in [6.45, 7) is 5.33. The van der Waals surface area contributed by atoms with E-state index in [2.05, 4.69) is 0 Å². The molecule has 28 heavy (non-hydrogen) atoms. The van der Waals surface area contributed by atoms with Gasteiger partial charge in [0.05, 0.1) is 0 Å². The fourth-order valence-electron chi connectivity index (χ4n) is 3.14. The van der Waals surface area contributed by atoms with Crippen LogP contribution in [0.25, 0.3) is 0 Å². The molecule has 0 aliphatic heterocycles. The molecule has 0 amide bonds. The van der Waals surface area contributed by atoms with Crippen molar-refractivity contribution in [1.82, 2.24) is 0 Å². The average Bonchev–Trinajstić information content (AvgIpc) is 2.58. The molecule has 0 heterocycles. The summed E-state index contributed by atoms with van der Waals surface area (Å²) in [7, 11) is 4.62. The van der Waals surface area contributed by atoms with Crippen LogP contribution in [0, 0.1) is 0 Å². The number of anilines is 2. The van der Waals surface area contributed by atoms with E-state index in [1.165, 1.54) is 12.1 Å². The number of rotatable bonds is 6. The molecule has 7 heteroatoms. The van der Waals surface area contributed by atoms with Crippen LogP contribution in [0.1, 0.15) is 11.1 Å². The van der Waals surface area contributed by atoms with Crippen LogP contribution in [-0.2, 0) is 10.0 Å². The molecular formula is C21H29F3N2OSi. The lowest BCUT2D eigenvalue weighted by Gasteiger charge is -2.42. The van der Waals surface area contributed by atoms with Crippen LogP contribution in [0.15, 0.2) is 48.5 Å². The zero-order valence-corrected chi connectivity index (χ0v) is 18.6. The molecule has 0 aliphatic carbocycles. The number of nitrogens with zero attached hydrogens (tertiary/aromatic N) is 2. The fourth-order valence-corrected chi connectivity index (χ4v) is 4.41. The standard InChI is InChI=1S/C21H29F3N2OSi/c1-25(2)18-12-8-10-16(14-18)20(21(22,23)24,27-28(5,6)7)17-11-9-13-19(15-17)26(3)4/h8-15H,1-7H3. The third-order valence-corrected chi connectivity index (χ3v) is 5.32. The van der Waals surface area contributed by atoms with E-state index in [1.807, 2.05) is 0 Å². The minimum Gasteiger partial charge on any atom is -0.397 e. The van der Waals surface area contributed by atoms with Crippen LogP contribution in [0.4, 0.5) is 24.5 Å². The van der Waals surface area contributed by atoms with Crippen molar-refractivity contribution in [3.63, 3.8) is 0 Å². The minimum atomic E-state index is -4.64. The number of benzene rings is 2. The van der Waals surface area contributed by atoms with Gasteiger partial charge in [0.2, 0.25) is 5.60 Å². The van der Waals surface area contributed by atoms with Crippen LogP contribution in [0.2, 0.25) is 19.6 Å². The molecule has 2 rings (SSSR count). The Morgan fingerprint density at radius 1 is 0.750 bits per heavy atom. The monoisotopic (exact) mass is 410 g/mol. The van der Waals surface area contributed by atoms with E-state index in [9.17, 15) is 13.2 Å². The summed E-state index contributed by atoms with van der Waals surface area (Å²) in [6, 6.07) is 13.0. The van der Waals surface area contributed by atoms with Crippen molar-refractivity contribution in [3.05, 3.63) is 59.7 Å². The van der Waals surface area contributed by atoms with Crippen LogP contribution in [-0.4, -0.2) is 42.7 Å². The van der Waals surface area contributed by atoms with E-state index in [4.69, 9.17) is 4.43 Å². The molecule has 2 aromatic rings. The van der Waals surface area contributed by atoms with Crippen LogP contribution < -0.4 is 9.80 Å². The second-order valence-electron chi connectivity index (χ2n) is 8.28. The van der Waals surface area contributed by atoms with Crippen molar-refractivity contribution >= 4 is 19.7 Å². The van der Waals surface area contributed by atoms with Crippen molar-refractivity contribution in [3.8, 4) is 0 Å². The highest BCUT2D eigenvalue weighted by Crippen LogP contribution is 2.50. The van der Waals surface area contributed by atoms with Gasteiger partial charge in [0.25, 0.3) is 0 Å². The number of hydrogen-bond acceptors (Lipinski definition) is 3. The van der Waals surface area contributed by atoms with E-state index in [1.54, 1.807) is 94.0 Å². The number of hydrogen-bond donors (Lipinski definition) is 0. The number of alkyl halides is 3. The Morgan fingerprint density at radius 3 is 1.43 bits per heavy atom. The summed E-state index contributed by atoms with van der Waals surface area (Å²) in [5.74, 6) is 0. The summed E-state index contributed by atoms with van der Waals surface area (Å²) in [4.78, 5) is 3.57. The van der Waals surface area contributed by atoms with Gasteiger partial charge in [0.15, 0.2) is 8.32 Å². The first-order chi connectivity index (χ1) is 12.8. The Kier molecular flexibility index (Phi) is 6.21. The Balaban J connectivity index is 2.87. The molecule has 0 fully saturated rings. The molecule has 0 N–H and O–H groups in total. The molecule has 154 valence electrons. The predicted octanol–water partition coefficient (Wildman–Crippen LogP) is 5.48. The first-order valence-corrected chi connectivity index (χ1v) is 12.5. The molecule has 0 unspecified atom stereocenters. The van der Waals surface area contributed by atoms with E-state index < -0.39 is 20.1 Å². The van der Waals surface area contributed by atoms with Gasteiger partial charge in [-0.05, 0) is 55.0 Å². The fraction of sp³-hybridized carbons (Fsp3) is 0.429. The van der Waals surface area contributed by atoms with Crippen molar-refractivity contribution < 1.29 is 17.6 Å². The van der Waals surface area contributed by atoms with Crippen molar-refractivity contribution in [2.75, 3.05) is 38.0 Å². The Morgan fingerprint density at radius 2 is 1.14 bits per heavy atom. The van der Waals surface area contributed by atoms with Crippen molar-refractivity contribution in [2.45, 2.75) is 31.4 Å². The Hall–Kier alpha value is -1.99. The number of halogens is 3. The van der Waals surface area contributed by atoms with Crippen LogP contribution >= 0.6 is 0 Å². The topological polar surface area (TPSA) is 15.7 Å². The van der Waals surface area contributed by atoms with Gasteiger partial charge in [0, 0.05) is 39.6 Å². The molecule has 0 aliphatic rings. The van der Waals surface area contributed by atoms with Gasteiger partial charge >= 0.3 is 6.18 Å². The molecule has 0 saturated heterocycles. The third-order valence-electron chi connectivity index (χ3n) is 4.40. The summed E-state index contributed by atoms with van der Waals surface area (Å²) in [6.07, 6.45) is -4.64. The van der Waals surface area contributed by atoms with Crippen molar-refractivity contribution in [1.29, 1.82) is 0 Å². The summed E-state index contributed by atoms with van der Waals surface area (Å²) < 4.78 is 50.4. The van der Waals surface area contributed by atoms with Gasteiger partial charge in [-0.1, -0.05) is 24.3 Å². The predicted molar refractivity (Wildman–Crippen MR) is 113 cm³/mol. The van der Waals surface area contributed by atoms with E-state index in [-0.39, 0.29) is 11.1 Å². The molecule has 0 atom stereocenters. The van der Waals surface area contributed by atoms with E-state index >= 15 is 0 Å². The van der Waals surface area contributed by atoms with Gasteiger partial charge in [-0.2, -0.15) is 13.2 Å². The quantitative estimate of drug-likeness (QED) is 0.587.